The second kappa shape index (κ2) is 8.12. The van der Waals surface area contributed by atoms with E-state index >= 15 is 0 Å². The molecule has 0 aromatic heterocycles. The number of amides is 1. The Bertz CT molecular complexity index is 432. The van der Waals surface area contributed by atoms with Gasteiger partial charge in [-0.1, -0.05) is 18.2 Å². The minimum absolute atomic E-state index is 0.00460. The first-order valence-electron chi connectivity index (χ1n) is 7.57. The third kappa shape index (κ3) is 5.46. The number of carbonyl (C=O) groups is 1. The van der Waals surface area contributed by atoms with Crippen LogP contribution in [0, 0.1) is 0 Å². The van der Waals surface area contributed by atoms with Gasteiger partial charge in [-0.05, 0) is 26.0 Å². The van der Waals surface area contributed by atoms with Gasteiger partial charge in [-0.25, -0.2) is 0 Å². The van der Waals surface area contributed by atoms with Crippen LogP contribution in [0.15, 0.2) is 30.3 Å². The van der Waals surface area contributed by atoms with E-state index < -0.39 is 0 Å². The van der Waals surface area contributed by atoms with Crippen LogP contribution >= 0.6 is 0 Å². The van der Waals surface area contributed by atoms with Gasteiger partial charge in [-0.15, -0.1) is 0 Å². The molecule has 0 spiro atoms. The average Bonchev–Trinajstić information content (AvgIpc) is 2.49. The molecule has 1 saturated heterocycles. The van der Waals surface area contributed by atoms with Gasteiger partial charge in [0.2, 0.25) is 5.91 Å². The molecule has 2 atom stereocenters. The van der Waals surface area contributed by atoms with Crippen molar-refractivity contribution in [3.8, 4) is 0 Å². The van der Waals surface area contributed by atoms with E-state index in [1.807, 2.05) is 37.3 Å². The first kappa shape index (κ1) is 15.9. The Hall–Kier alpha value is -1.43. The summed E-state index contributed by atoms with van der Waals surface area (Å²) in [5.41, 5.74) is 0.831. The van der Waals surface area contributed by atoms with E-state index in [1.165, 1.54) is 0 Å². The van der Waals surface area contributed by atoms with E-state index in [4.69, 9.17) is 4.74 Å². The number of anilines is 1. The zero-order valence-corrected chi connectivity index (χ0v) is 12.8. The first-order chi connectivity index (χ1) is 10.1. The van der Waals surface area contributed by atoms with Gasteiger partial charge >= 0.3 is 0 Å². The van der Waals surface area contributed by atoms with Crippen LogP contribution in [0.2, 0.25) is 0 Å². The standard InChI is InChI=1S/C16H25N3O2/c1-13(12-19-8-10-21-11-9-19)17-14(2)16(20)18-15-6-4-3-5-7-15/h3-7,13-14,17H,8-12H2,1-2H3,(H,18,20). The summed E-state index contributed by atoms with van der Waals surface area (Å²) in [6, 6.07) is 9.58. The van der Waals surface area contributed by atoms with Crippen molar-refractivity contribution < 1.29 is 9.53 Å². The highest BCUT2D eigenvalue weighted by molar-refractivity contribution is 5.94. The topological polar surface area (TPSA) is 53.6 Å². The fraction of sp³-hybridized carbons (Fsp3) is 0.562. The lowest BCUT2D eigenvalue weighted by Crippen LogP contribution is -2.49. The zero-order valence-electron chi connectivity index (χ0n) is 12.8. The Morgan fingerprint density at radius 3 is 2.57 bits per heavy atom. The third-order valence-electron chi connectivity index (χ3n) is 3.60. The largest absolute Gasteiger partial charge is 0.379 e. The molecule has 1 fully saturated rings. The predicted octanol–water partition coefficient (Wildman–Crippen LogP) is 1.32. The molecule has 0 aliphatic carbocycles. The molecule has 2 unspecified atom stereocenters. The van der Waals surface area contributed by atoms with Crippen LogP contribution in [0.1, 0.15) is 13.8 Å². The molecule has 2 N–H and O–H groups in total. The molecule has 1 aromatic rings. The lowest BCUT2D eigenvalue weighted by Gasteiger charge is -2.30. The zero-order chi connectivity index (χ0) is 15.1. The SMILES string of the molecule is CC(CN1CCOCC1)NC(C)C(=O)Nc1ccccc1. The number of carbonyl (C=O) groups excluding carboxylic acids is 1. The summed E-state index contributed by atoms with van der Waals surface area (Å²) in [7, 11) is 0. The number of para-hydroxylation sites is 1. The molecule has 0 bridgehead atoms. The highest BCUT2D eigenvalue weighted by Crippen LogP contribution is 2.06. The molecule has 1 aromatic carbocycles. The summed E-state index contributed by atoms with van der Waals surface area (Å²) in [4.78, 5) is 14.5. The minimum Gasteiger partial charge on any atom is -0.379 e. The van der Waals surface area contributed by atoms with Crippen molar-refractivity contribution in [2.75, 3.05) is 38.2 Å². The fourth-order valence-corrected chi connectivity index (χ4v) is 2.50. The Labute approximate surface area is 126 Å². The summed E-state index contributed by atoms with van der Waals surface area (Å²) >= 11 is 0. The quantitative estimate of drug-likeness (QED) is 0.830. The van der Waals surface area contributed by atoms with Crippen molar-refractivity contribution >= 4 is 11.6 Å². The summed E-state index contributed by atoms with van der Waals surface area (Å²) in [6.45, 7) is 8.49. The van der Waals surface area contributed by atoms with Gasteiger partial charge in [0.05, 0.1) is 19.3 Å². The van der Waals surface area contributed by atoms with Crippen LogP contribution in [0.5, 0.6) is 0 Å². The molecular formula is C16H25N3O2. The van der Waals surface area contributed by atoms with Crippen molar-refractivity contribution in [2.45, 2.75) is 25.9 Å². The van der Waals surface area contributed by atoms with E-state index in [0.717, 1.165) is 38.5 Å². The monoisotopic (exact) mass is 291 g/mol. The molecule has 0 radical (unpaired) electrons. The van der Waals surface area contributed by atoms with E-state index in [9.17, 15) is 4.79 Å². The van der Waals surface area contributed by atoms with Crippen LogP contribution in [-0.2, 0) is 9.53 Å². The van der Waals surface area contributed by atoms with Gasteiger partial charge < -0.3 is 15.4 Å². The predicted molar refractivity (Wildman–Crippen MR) is 84.4 cm³/mol. The molecule has 1 aliphatic rings. The summed E-state index contributed by atoms with van der Waals surface area (Å²) < 4.78 is 5.34. The van der Waals surface area contributed by atoms with Crippen LogP contribution < -0.4 is 10.6 Å². The van der Waals surface area contributed by atoms with Crippen molar-refractivity contribution in [1.29, 1.82) is 0 Å². The summed E-state index contributed by atoms with van der Waals surface area (Å²) in [6.07, 6.45) is 0. The number of morpholine rings is 1. The molecular weight excluding hydrogens is 266 g/mol. The molecule has 5 nitrogen and oxygen atoms in total. The van der Waals surface area contributed by atoms with E-state index in [-0.39, 0.29) is 18.0 Å². The average molecular weight is 291 g/mol. The highest BCUT2D eigenvalue weighted by atomic mass is 16.5. The molecule has 5 heteroatoms. The van der Waals surface area contributed by atoms with Crippen LogP contribution in [-0.4, -0.2) is 55.7 Å². The number of hydrogen-bond acceptors (Lipinski definition) is 4. The number of nitrogens with one attached hydrogen (secondary N) is 2. The van der Waals surface area contributed by atoms with Gasteiger partial charge in [-0.2, -0.15) is 0 Å². The normalized spacial score (nSPS) is 19.0. The number of nitrogens with zero attached hydrogens (tertiary/aromatic N) is 1. The van der Waals surface area contributed by atoms with Gasteiger partial charge in [0, 0.05) is 31.4 Å². The molecule has 0 saturated carbocycles. The van der Waals surface area contributed by atoms with Crippen molar-refractivity contribution in [3.05, 3.63) is 30.3 Å². The maximum Gasteiger partial charge on any atom is 0.241 e. The lowest BCUT2D eigenvalue weighted by atomic mass is 10.2. The lowest BCUT2D eigenvalue weighted by molar-refractivity contribution is -0.118. The van der Waals surface area contributed by atoms with Crippen molar-refractivity contribution in [1.82, 2.24) is 10.2 Å². The second-order valence-electron chi connectivity index (χ2n) is 5.56. The van der Waals surface area contributed by atoms with Crippen molar-refractivity contribution in [3.63, 3.8) is 0 Å². The third-order valence-corrected chi connectivity index (χ3v) is 3.60. The Morgan fingerprint density at radius 1 is 1.24 bits per heavy atom. The number of benzene rings is 1. The highest BCUT2D eigenvalue weighted by Gasteiger charge is 2.18. The van der Waals surface area contributed by atoms with Gasteiger partial charge in [0.25, 0.3) is 0 Å². The smallest absolute Gasteiger partial charge is 0.241 e. The van der Waals surface area contributed by atoms with Crippen LogP contribution in [0.4, 0.5) is 5.69 Å². The fourth-order valence-electron chi connectivity index (χ4n) is 2.50. The molecule has 1 heterocycles. The number of rotatable bonds is 6. The maximum atomic E-state index is 12.1. The van der Waals surface area contributed by atoms with E-state index in [0.29, 0.717) is 0 Å². The molecule has 1 amide bonds. The number of ether oxygens (including phenoxy) is 1. The van der Waals surface area contributed by atoms with Gasteiger partial charge in [0.1, 0.15) is 0 Å². The second-order valence-corrected chi connectivity index (χ2v) is 5.56. The molecule has 1 aliphatic heterocycles. The first-order valence-corrected chi connectivity index (χ1v) is 7.57. The van der Waals surface area contributed by atoms with Gasteiger partial charge in [-0.3, -0.25) is 9.69 Å². The maximum absolute atomic E-state index is 12.1. The van der Waals surface area contributed by atoms with E-state index in [1.54, 1.807) is 0 Å². The molecule has 21 heavy (non-hydrogen) atoms. The molecule has 116 valence electrons. The molecule has 2 rings (SSSR count). The Balaban J connectivity index is 1.74. The van der Waals surface area contributed by atoms with Crippen LogP contribution in [0.25, 0.3) is 0 Å². The minimum atomic E-state index is -0.221. The summed E-state index contributed by atoms with van der Waals surface area (Å²) in [5.74, 6) is -0.00460. The van der Waals surface area contributed by atoms with Crippen molar-refractivity contribution in [2.24, 2.45) is 0 Å². The Kier molecular flexibility index (Phi) is 6.17. The van der Waals surface area contributed by atoms with Crippen LogP contribution in [0.3, 0.4) is 0 Å². The number of hydrogen-bond donors (Lipinski definition) is 2. The van der Waals surface area contributed by atoms with E-state index in [2.05, 4.69) is 22.5 Å². The van der Waals surface area contributed by atoms with Gasteiger partial charge in [0.15, 0.2) is 0 Å². The Morgan fingerprint density at radius 2 is 1.90 bits per heavy atom. The summed E-state index contributed by atoms with van der Waals surface area (Å²) in [5, 5.41) is 6.27.